The highest BCUT2D eigenvalue weighted by atomic mass is 15.3. The van der Waals surface area contributed by atoms with Gasteiger partial charge in [0.2, 0.25) is 0 Å². The summed E-state index contributed by atoms with van der Waals surface area (Å²) in [6, 6.07) is 2.60. The van der Waals surface area contributed by atoms with E-state index in [2.05, 4.69) is 51.5 Å². The molecular formula is C14H23N5. The number of imidazole rings is 1. The van der Waals surface area contributed by atoms with Crippen molar-refractivity contribution in [3.8, 4) is 0 Å². The van der Waals surface area contributed by atoms with Gasteiger partial charge in [0.25, 0.3) is 0 Å². The van der Waals surface area contributed by atoms with Gasteiger partial charge in [0.05, 0.1) is 17.7 Å². The maximum absolute atomic E-state index is 4.56. The van der Waals surface area contributed by atoms with Crippen LogP contribution in [0.15, 0.2) is 24.8 Å². The lowest BCUT2D eigenvalue weighted by Crippen LogP contribution is -2.30. The van der Waals surface area contributed by atoms with Gasteiger partial charge in [-0.05, 0) is 26.3 Å². The molecule has 2 rings (SSSR count). The average Bonchev–Trinajstić information content (AvgIpc) is 3.04. The standard InChI is InChI=1S/C14H23N5/c1-4-13-8-14(19(5-2)17-13)9-16-12(3)10-18-7-6-15-11-18/h6-8,11-12,16H,4-5,9-10H2,1-3H3. The van der Waals surface area contributed by atoms with Crippen LogP contribution in [0.3, 0.4) is 0 Å². The van der Waals surface area contributed by atoms with Crippen LogP contribution in [-0.2, 0) is 26.1 Å². The normalized spacial score (nSPS) is 12.8. The SMILES string of the molecule is CCc1cc(CNC(C)Cn2ccnc2)n(CC)n1. The Kier molecular flexibility index (Phi) is 4.74. The monoisotopic (exact) mass is 261 g/mol. The Hall–Kier alpha value is -1.62. The van der Waals surface area contributed by atoms with E-state index in [-0.39, 0.29) is 0 Å². The van der Waals surface area contributed by atoms with Crippen molar-refractivity contribution in [1.29, 1.82) is 0 Å². The topological polar surface area (TPSA) is 47.7 Å². The summed E-state index contributed by atoms with van der Waals surface area (Å²) in [4.78, 5) is 4.06. The fourth-order valence-corrected chi connectivity index (χ4v) is 2.16. The molecule has 5 nitrogen and oxygen atoms in total. The highest BCUT2D eigenvalue weighted by molar-refractivity contribution is 5.10. The summed E-state index contributed by atoms with van der Waals surface area (Å²) >= 11 is 0. The number of rotatable bonds is 7. The van der Waals surface area contributed by atoms with E-state index in [1.807, 2.05) is 18.7 Å². The molecule has 104 valence electrons. The Morgan fingerprint density at radius 2 is 2.21 bits per heavy atom. The summed E-state index contributed by atoms with van der Waals surface area (Å²) in [7, 11) is 0. The van der Waals surface area contributed by atoms with E-state index < -0.39 is 0 Å². The zero-order chi connectivity index (χ0) is 13.7. The van der Waals surface area contributed by atoms with Crippen molar-refractivity contribution in [1.82, 2.24) is 24.6 Å². The largest absolute Gasteiger partial charge is 0.336 e. The molecule has 0 aliphatic heterocycles. The highest BCUT2D eigenvalue weighted by Crippen LogP contribution is 2.06. The molecule has 2 aromatic heterocycles. The zero-order valence-corrected chi connectivity index (χ0v) is 12.0. The first-order chi connectivity index (χ1) is 9.22. The minimum absolute atomic E-state index is 0.402. The van der Waals surface area contributed by atoms with E-state index in [9.17, 15) is 0 Å². The lowest BCUT2D eigenvalue weighted by molar-refractivity contribution is 0.462. The molecular weight excluding hydrogens is 238 g/mol. The van der Waals surface area contributed by atoms with Crippen LogP contribution in [0.5, 0.6) is 0 Å². The highest BCUT2D eigenvalue weighted by Gasteiger charge is 2.07. The van der Waals surface area contributed by atoms with Gasteiger partial charge in [0, 0.05) is 38.1 Å². The third-order valence-electron chi connectivity index (χ3n) is 3.25. The van der Waals surface area contributed by atoms with Crippen LogP contribution in [0.1, 0.15) is 32.2 Å². The fraction of sp³-hybridized carbons (Fsp3) is 0.571. The first kappa shape index (κ1) is 13.8. The van der Waals surface area contributed by atoms with Gasteiger partial charge in [-0.2, -0.15) is 5.10 Å². The molecule has 0 aromatic carbocycles. The summed E-state index contributed by atoms with van der Waals surface area (Å²) in [5.74, 6) is 0. The smallest absolute Gasteiger partial charge is 0.0946 e. The Morgan fingerprint density at radius 3 is 2.84 bits per heavy atom. The van der Waals surface area contributed by atoms with Gasteiger partial charge in [-0.15, -0.1) is 0 Å². The molecule has 0 fully saturated rings. The summed E-state index contributed by atoms with van der Waals surface area (Å²) < 4.78 is 4.17. The number of aromatic nitrogens is 4. The first-order valence-corrected chi connectivity index (χ1v) is 6.97. The fourth-order valence-electron chi connectivity index (χ4n) is 2.16. The maximum atomic E-state index is 4.56. The van der Waals surface area contributed by atoms with E-state index in [0.717, 1.165) is 26.1 Å². The van der Waals surface area contributed by atoms with Crippen molar-refractivity contribution in [2.45, 2.75) is 52.9 Å². The van der Waals surface area contributed by atoms with E-state index in [4.69, 9.17) is 0 Å². The third kappa shape index (κ3) is 3.67. The number of hydrogen-bond acceptors (Lipinski definition) is 3. The van der Waals surface area contributed by atoms with Crippen LogP contribution in [0.4, 0.5) is 0 Å². The predicted octanol–water partition coefficient (Wildman–Crippen LogP) is 1.84. The summed E-state index contributed by atoms with van der Waals surface area (Å²) in [5, 5.41) is 8.10. The van der Waals surface area contributed by atoms with Crippen molar-refractivity contribution >= 4 is 0 Å². The summed E-state index contributed by atoms with van der Waals surface area (Å²) in [5.41, 5.74) is 2.43. The number of aryl methyl sites for hydroxylation is 2. The molecule has 2 aromatic rings. The van der Waals surface area contributed by atoms with Crippen LogP contribution in [0.25, 0.3) is 0 Å². The van der Waals surface area contributed by atoms with Crippen molar-refractivity contribution in [2.75, 3.05) is 0 Å². The van der Waals surface area contributed by atoms with Gasteiger partial charge in [-0.25, -0.2) is 4.98 Å². The first-order valence-electron chi connectivity index (χ1n) is 6.97. The van der Waals surface area contributed by atoms with Gasteiger partial charge in [-0.1, -0.05) is 6.92 Å². The number of nitrogens with zero attached hydrogens (tertiary/aromatic N) is 4. The zero-order valence-electron chi connectivity index (χ0n) is 12.0. The van der Waals surface area contributed by atoms with Crippen molar-refractivity contribution in [3.63, 3.8) is 0 Å². The quantitative estimate of drug-likeness (QED) is 0.827. The van der Waals surface area contributed by atoms with Crippen LogP contribution < -0.4 is 5.32 Å². The molecule has 5 heteroatoms. The molecule has 0 saturated carbocycles. The number of hydrogen-bond donors (Lipinski definition) is 1. The van der Waals surface area contributed by atoms with E-state index >= 15 is 0 Å². The minimum Gasteiger partial charge on any atom is -0.336 e. The van der Waals surface area contributed by atoms with Crippen LogP contribution in [-0.4, -0.2) is 25.4 Å². The van der Waals surface area contributed by atoms with Gasteiger partial charge in [0.1, 0.15) is 0 Å². The molecule has 0 saturated heterocycles. The molecule has 0 aliphatic rings. The average molecular weight is 261 g/mol. The van der Waals surface area contributed by atoms with Crippen molar-refractivity contribution in [3.05, 3.63) is 36.2 Å². The van der Waals surface area contributed by atoms with Gasteiger partial charge >= 0.3 is 0 Å². The Balaban J connectivity index is 1.89. The van der Waals surface area contributed by atoms with Gasteiger partial charge < -0.3 is 9.88 Å². The molecule has 2 heterocycles. The van der Waals surface area contributed by atoms with Gasteiger partial charge in [0.15, 0.2) is 0 Å². The van der Waals surface area contributed by atoms with Crippen molar-refractivity contribution in [2.24, 2.45) is 0 Å². The second kappa shape index (κ2) is 6.52. The summed E-state index contributed by atoms with van der Waals surface area (Å²) in [6.07, 6.45) is 6.64. The second-order valence-corrected chi connectivity index (χ2v) is 4.84. The lowest BCUT2D eigenvalue weighted by atomic mass is 10.2. The number of nitrogens with one attached hydrogen (secondary N) is 1. The van der Waals surface area contributed by atoms with Crippen molar-refractivity contribution < 1.29 is 0 Å². The van der Waals surface area contributed by atoms with E-state index in [0.29, 0.717) is 6.04 Å². The van der Waals surface area contributed by atoms with Crippen LogP contribution in [0.2, 0.25) is 0 Å². The van der Waals surface area contributed by atoms with E-state index in [1.165, 1.54) is 11.4 Å². The summed E-state index contributed by atoms with van der Waals surface area (Å²) in [6.45, 7) is 9.17. The molecule has 0 bridgehead atoms. The van der Waals surface area contributed by atoms with Crippen LogP contribution in [0, 0.1) is 0 Å². The Labute approximate surface area is 114 Å². The molecule has 0 spiro atoms. The molecule has 0 amide bonds. The van der Waals surface area contributed by atoms with Crippen LogP contribution >= 0.6 is 0 Å². The molecule has 1 unspecified atom stereocenters. The molecule has 19 heavy (non-hydrogen) atoms. The third-order valence-corrected chi connectivity index (χ3v) is 3.25. The Bertz CT molecular complexity index is 486. The second-order valence-electron chi connectivity index (χ2n) is 4.84. The van der Waals surface area contributed by atoms with E-state index in [1.54, 1.807) is 0 Å². The van der Waals surface area contributed by atoms with Gasteiger partial charge in [-0.3, -0.25) is 4.68 Å². The molecule has 0 aliphatic carbocycles. The Morgan fingerprint density at radius 1 is 1.37 bits per heavy atom. The maximum Gasteiger partial charge on any atom is 0.0946 e. The predicted molar refractivity (Wildman–Crippen MR) is 75.8 cm³/mol. The minimum atomic E-state index is 0.402. The molecule has 0 radical (unpaired) electrons. The molecule has 1 atom stereocenters. The lowest BCUT2D eigenvalue weighted by Gasteiger charge is -2.14. The molecule has 1 N–H and O–H groups in total.